The zero-order valence-corrected chi connectivity index (χ0v) is 26.3. The fraction of sp³-hybridized carbons (Fsp3) is 0.405. The van der Waals surface area contributed by atoms with E-state index in [2.05, 4.69) is 29.3 Å². The highest BCUT2D eigenvalue weighted by molar-refractivity contribution is 6.03. The van der Waals surface area contributed by atoms with Gasteiger partial charge >= 0.3 is 0 Å². The Balaban J connectivity index is 1.21. The highest BCUT2D eigenvalue weighted by Gasteiger charge is 2.42. The van der Waals surface area contributed by atoms with Crippen LogP contribution in [0.1, 0.15) is 54.9 Å². The lowest BCUT2D eigenvalue weighted by Gasteiger charge is -2.44. The number of carbonyl (C=O) groups excluding carboxylic acids is 2. The first-order chi connectivity index (χ1) is 22.2. The van der Waals surface area contributed by atoms with Crippen molar-refractivity contribution < 1.29 is 27.5 Å². The van der Waals surface area contributed by atoms with Gasteiger partial charge in [0.2, 0.25) is 11.7 Å². The topological polar surface area (TPSA) is 61.9 Å². The van der Waals surface area contributed by atoms with Crippen molar-refractivity contribution >= 4 is 17.4 Å². The van der Waals surface area contributed by atoms with E-state index in [0.29, 0.717) is 38.9 Å². The van der Waals surface area contributed by atoms with E-state index in [-0.39, 0.29) is 36.5 Å². The van der Waals surface area contributed by atoms with Crippen LogP contribution in [0.3, 0.4) is 0 Å². The fourth-order valence-corrected chi connectivity index (χ4v) is 6.71. The number of fused-ring (bicyclic) bond motifs is 2. The summed E-state index contributed by atoms with van der Waals surface area (Å²) in [6, 6.07) is 18.0. The molecule has 2 amide bonds. The maximum Gasteiger partial charge on any atom is 0.252 e. The lowest BCUT2D eigenvalue weighted by molar-refractivity contribution is -0.132. The van der Waals surface area contributed by atoms with Gasteiger partial charge in [0.15, 0.2) is 17.4 Å². The predicted molar refractivity (Wildman–Crippen MR) is 171 cm³/mol. The first-order valence-corrected chi connectivity index (χ1v) is 16.1. The zero-order chi connectivity index (χ0) is 32.4. The summed E-state index contributed by atoms with van der Waals surface area (Å²) in [5.74, 6) is -4.04. The molecule has 0 spiro atoms. The largest absolute Gasteiger partial charge is 0.488 e. The molecule has 1 unspecified atom stereocenters. The van der Waals surface area contributed by atoms with Crippen LogP contribution in [-0.2, 0) is 22.4 Å². The van der Waals surface area contributed by atoms with Gasteiger partial charge in [0.05, 0.1) is 12.6 Å². The van der Waals surface area contributed by atoms with Gasteiger partial charge in [0, 0.05) is 44.2 Å². The van der Waals surface area contributed by atoms with Crippen LogP contribution in [0, 0.1) is 24.4 Å². The van der Waals surface area contributed by atoms with Crippen molar-refractivity contribution in [3.8, 4) is 5.75 Å². The van der Waals surface area contributed by atoms with Gasteiger partial charge in [-0.1, -0.05) is 48.5 Å². The third-order valence-corrected chi connectivity index (χ3v) is 9.37. The Morgan fingerprint density at radius 3 is 2.41 bits per heavy atom. The quantitative estimate of drug-likeness (QED) is 0.208. The summed E-state index contributed by atoms with van der Waals surface area (Å²) < 4.78 is 46.5. The Kier molecular flexibility index (Phi) is 9.49. The summed E-state index contributed by atoms with van der Waals surface area (Å²) in [6.45, 7) is 5.41. The van der Waals surface area contributed by atoms with Gasteiger partial charge in [0.25, 0.3) is 5.91 Å². The normalized spacial score (nSPS) is 19.3. The number of aryl methyl sites for hydroxylation is 2. The van der Waals surface area contributed by atoms with Crippen LogP contribution in [0.25, 0.3) is 5.57 Å². The molecule has 3 aliphatic rings. The number of halogens is 3. The Morgan fingerprint density at radius 2 is 1.70 bits per heavy atom. The van der Waals surface area contributed by atoms with Gasteiger partial charge < -0.3 is 19.9 Å². The molecule has 1 N–H and O–H groups in total. The van der Waals surface area contributed by atoms with E-state index in [0.717, 1.165) is 53.7 Å². The monoisotopic (exact) mass is 631 g/mol. The number of nitrogens with one attached hydrogen (secondary N) is 1. The van der Waals surface area contributed by atoms with Crippen molar-refractivity contribution in [1.29, 1.82) is 0 Å². The standard InChI is InChI=1S/C37H40F3N3O3/c1-23-6-3-4-8-26(23)17-18-43(29-13-14-29)37(45)34-30(20-28-21-42(24(2)44)22-33(34)41-28)27-11-9-25(10-12-27)7-5-19-46-36-32(39)16-15-31(38)35(36)40/h3-4,6,8-12,15-16,28-29,33,41H,5,7,13-14,17-22H2,1-2H3/t28?,33-/m1/s1. The van der Waals surface area contributed by atoms with Gasteiger partial charge in [-0.15, -0.1) is 0 Å². The third kappa shape index (κ3) is 6.99. The molecule has 0 radical (unpaired) electrons. The second-order valence-electron chi connectivity index (χ2n) is 12.7. The number of nitrogens with zero attached hydrogens (tertiary/aromatic N) is 2. The lowest BCUT2D eigenvalue weighted by atomic mass is 9.82. The molecule has 6 rings (SSSR count). The van der Waals surface area contributed by atoms with E-state index in [9.17, 15) is 22.8 Å². The molecule has 2 aliphatic heterocycles. The molecule has 1 saturated carbocycles. The van der Waals surface area contributed by atoms with Crippen LogP contribution in [0.2, 0.25) is 0 Å². The number of benzene rings is 3. The van der Waals surface area contributed by atoms with Crippen LogP contribution in [0.4, 0.5) is 13.2 Å². The predicted octanol–water partition coefficient (Wildman–Crippen LogP) is 6.00. The minimum Gasteiger partial charge on any atom is -0.488 e. The van der Waals surface area contributed by atoms with Crippen molar-refractivity contribution in [3.05, 3.63) is 106 Å². The van der Waals surface area contributed by atoms with E-state index < -0.39 is 23.2 Å². The molecule has 2 heterocycles. The number of piperazine rings is 1. The number of ether oxygens (including phenoxy) is 1. The van der Waals surface area contributed by atoms with Crippen molar-refractivity contribution in [2.24, 2.45) is 0 Å². The summed E-state index contributed by atoms with van der Waals surface area (Å²) in [4.78, 5) is 30.8. The van der Waals surface area contributed by atoms with E-state index in [4.69, 9.17) is 4.74 Å². The molecule has 6 nitrogen and oxygen atoms in total. The summed E-state index contributed by atoms with van der Waals surface area (Å²) in [5, 5.41) is 3.65. The molecule has 2 atom stereocenters. The number of rotatable bonds is 11. The number of amides is 2. The van der Waals surface area contributed by atoms with Gasteiger partial charge in [-0.25, -0.2) is 8.78 Å². The summed E-state index contributed by atoms with van der Waals surface area (Å²) >= 11 is 0. The molecule has 242 valence electrons. The smallest absolute Gasteiger partial charge is 0.252 e. The molecule has 0 aromatic heterocycles. The summed E-state index contributed by atoms with van der Waals surface area (Å²) in [5.41, 5.74) is 6.22. The molecule has 3 aromatic rings. The second-order valence-corrected chi connectivity index (χ2v) is 12.7. The van der Waals surface area contributed by atoms with Crippen LogP contribution in [-0.4, -0.2) is 66.0 Å². The van der Waals surface area contributed by atoms with Crippen molar-refractivity contribution in [1.82, 2.24) is 15.1 Å². The van der Waals surface area contributed by atoms with Gasteiger partial charge in [-0.3, -0.25) is 9.59 Å². The third-order valence-electron chi connectivity index (χ3n) is 9.37. The SMILES string of the molecule is CC(=O)N1CC2CC(c3ccc(CCCOc4c(F)ccc(F)c4F)cc3)=C(C(=O)N(CCc3ccccc3C)C3CC3)[C@@H](C1)N2. The van der Waals surface area contributed by atoms with E-state index >= 15 is 0 Å². The van der Waals surface area contributed by atoms with Gasteiger partial charge in [-0.2, -0.15) is 4.39 Å². The zero-order valence-electron chi connectivity index (χ0n) is 26.3. The molecule has 3 aromatic carbocycles. The fourth-order valence-electron chi connectivity index (χ4n) is 6.71. The first-order valence-electron chi connectivity index (χ1n) is 16.1. The maximum absolute atomic E-state index is 14.5. The van der Waals surface area contributed by atoms with E-state index in [1.165, 1.54) is 11.1 Å². The molecule has 1 saturated heterocycles. The van der Waals surface area contributed by atoms with Crippen molar-refractivity contribution in [2.45, 2.75) is 70.5 Å². The summed E-state index contributed by atoms with van der Waals surface area (Å²) in [7, 11) is 0. The molecule has 9 heteroatoms. The maximum atomic E-state index is 14.5. The Morgan fingerprint density at radius 1 is 0.957 bits per heavy atom. The highest BCUT2D eigenvalue weighted by atomic mass is 19.2. The number of hydrogen-bond donors (Lipinski definition) is 1. The minimum atomic E-state index is -1.32. The molecular formula is C37H40F3N3O3. The van der Waals surface area contributed by atoms with Crippen LogP contribution in [0.15, 0.2) is 66.2 Å². The molecule has 1 aliphatic carbocycles. The van der Waals surface area contributed by atoms with E-state index in [1.54, 1.807) is 6.92 Å². The Hall–Kier alpha value is -4.11. The molecule has 46 heavy (non-hydrogen) atoms. The van der Waals surface area contributed by atoms with E-state index in [1.807, 2.05) is 41.3 Å². The second kappa shape index (κ2) is 13.7. The van der Waals surface area contributed by atoms with Crippen molar-refractivity contribution in [3.63, 3.8) is 0 Å². The van der Waals surface area contributed by atoms with Gasteiger partial charge in [0.1, 0.15) is 0 Å². The van der Waals surface area contributed by atoms with Crippen LogP contribution < -0.4 is 10.1 Å². The lowest BCUT2D eigenvalue weighted by Crippen LogP contribution is -2.62. The highest BCUT2D eigenvalue weighted by Crippen LogP contribution is 2.37. The molecular weight excluding hydrogens is 591 g/mol. The Bertz CT molecular complexity index is 1640. The van der Waals surface area contributed by atoms with Crippen molar-refractivity contribution in [2.75, 3.05) is 26.2 Å². The average molecular weight is 632 g/mol. The Labute approximate surface area is 268 Å². The van der Waals surface area contributed by atoms with Crippen LogP contribution >= 0.6 is 0 Å². The van der Waals surface area contributed by atoms with Crippen LogP contribution in [0.5, 0.6) is 5.75 Å². The first kappa shape index (κ1) is 31.9. The number of carbonyl (C=O) groups is 2. The van der Waals surface area contributed by atoms with Gasteiger partial charge in [-0.05, 0) is 85.4 Å². The minimum absolute atomic E-state index is 0.0153. The number of hydrogen-bond acceptors (Lipinski definition) is 4. The molecule has 2 fully saturated rings. The summed E-state index contributed by atoms with van der Waals surface area (Å²) in [6.07, 6.45) is 4.49. The molecule has 2 bridgehead atoms. The average Bonchev–Trinajstić information content (AvgIpc) is 3.89.